The van der Waals surface area contributed by atoms with Crippen LogP contribution in [0.15, 0.2) is 48.5 Å². The number of benzene rings is 2. The fourth-order valence-electron chi connectivity index (χ4n) is 2.21. The Bertz CT molecular complexity index is 775. The van der Waals surface area contributed by atoms with Gasteiger partial charge in [-0.25, -0.2) is 4.79 Å². The summed E-state index contributed by atoms with van der Waals surface area (Å²) in [5.41, 5.74) is 1.26. The Balaban J connectivity index is 2.32. The molecule has 0 aliphatic carbocycles. The number of hydrogen-bond donors (Lipinski definition) is 1. The summed E-state index contributed by atoms with van der Waals surface area (Å²) in [6, 6.07) is 15.1. The normalized spacial score (nSPS) is 10.7. The number of fused-ring (bicyclic) bond motifs is 1. The van der Waals surface area contributed by atoms with Gasteiger partial charge in [0, 0.05) is 10.1 Å². The van der Waals surface area contributed by atoms with Gasteiger partial charge in [-0.3, -0.25) is 0 Å². The molecule has 0 radical (unpaired) electrons. The lowest BCUT2D eigenvalue weighted by Gasteiger charge is -2.01. The summed E-state index contributed by atoms with van der Waals surface area (Å²) < 4.78 is 6.13. The Labute approximate surface area is 120 Å². The third-order valence-corrected chi connectivity index (χ3v) is 4.36. The highest BCUT2D eigenvalue weighted by Gasteiger charge is 2.19. The zero-order valence-corrected chi connectivity index (χ0v) is 11.6. The number of hydrogen-bond acceptors (Lipinski definition) is 3. The molecule has 20 heavy (non-hydrogen) atoms. The summed E-state index contributed by atoms with van der Waals surface area (Å²) in [7, 11) is 1.58. The van der Waals surface area contributed by atoms with Crippen molar-refractivity contribution in [3.8, 4) is 16.2 Å². The van der Waals surface area contributed by atoms with Crippen molar-refractivity contribution in [3.05, 3.63) is 54.1 Å². The highest BCUT2D eigenvalue weighted by Crippen LogP contribution is 2.39. The first-order chi connectivity index (χ1) is 9.70. The Morgan fingerprint density at radius 2 is 1.90 bits per heavy atom. The lowest BCUT2D eigenvalue weighted by molar-refractivity contribution is 0.0700. The Morgan fingerprint density at radius 3 is 2.55 bits per heavy atom. The second-order valence-corrected chi connectivity index (χ2v) is 5.39. The molecule has 1 aromatic heterocycles. The van der Waals surface area contributed by atoms with Crippen molar-refractivity contribution in [1.29, 1.82) is 0 Å². The molecule has 1 N–H and O–H groups in total. The van der Waals surface area contributed by atoms with Crippen LogP contribution in [0, 0.1) is 0 Å². The molecule has 100 valence electrons. The standard InChI is InChI=1S/C16H12O3S/c1-19-11-7-8-13-12(9-11)14(16(17)18)15(20-13)10-5-3-2-4-6-10/h2-9H,1H3,(H,17,18). The van der Waals surface area contributed by atoms with Crippen LogP contribution in [0.1, 0.15) is 10.4 Å². The van der Waals surface area contributed by atoms with Crippen LogP contribution >= 0.6 is 11.3 Å². The van der Waals surface area contributed by atoms with Crippen molar-refractivity contribution >= 4 is 27.4 Å². The molecule has 3 rings (SSSR count). The number of rotatable bonds is 3. The topological polar surface area (TPSA) is 46.5 Å². The van der Waals surface area contributed by atoms with Gasteiger partial charge in [0.1, 0.15) is 5.75 Å². The van der Waals surface area contributed by atoms with Crippen LogP contribution in [0.3, 0.4) is 0 Å². The Morgan fingerprint density at radius 1 is 1.15 bits per heavy atom. The van der Waals surface area contributed by atoms with Gasteiger partial charge < -0.3 is 9.84 Å². The SMILES string of the molecule is COc1ccc2sc(-c3ccccc3)c(C(=O)O)c2c1. The van der Waals surface area contributed by atoms with Crippen LogP contribution in [0.4, 0.5) is 0 Å². The van der Waals surface area contributed by atoms with Gasteiger partial charge in [0.05, 0.1) is 17.6 Å². The van der Waals surface area contributed by atoms with E-state index in [4.69, 9.17) is 4.74 Å². The first-order valence-corrected chi connectivity index (χ1v) is 6.91. The molecule has 3 nitrogen and oxygen atoms in total. The van der Waals surface area contributed by atoms with Gasteiger partial charge in [-0.05, 0) is 23.8 Å². The fraction of sp³-hybridized carbons (Fsp3) is 0.0625. The smallest absolute Gasteiger partial charge is 0.337 e. The summed E-state index contributed by atoms with van der Waals surface area (Å²) >= 11 is 1.49. The molecule has 0 aliphatic rings. The molecule has 3 aromatic rings. The number of carbonyl (C=O) groups is 1. The first-order valence-electron chi connectivity index (χ1n) is 6.10. The van der Waals surface area contributed by atoms with Gasteiger partial charge in [0.25, 0.3) is 0 Å². The van der Waals surface area contributed by atoms with Crippen molar-refractivity contribution in [2.75, 3.05) is 7.11 Å². The van der Waals surface area contributed by atoms with Crippen LogP contribution in [-0.2, 0) is 0 Å². The molecule has 0 saturated carbocycles. The minimum atomic E-state index is -0.914. The van der Waals surface area contributed by atoms with Crippen LogP contribution in [-0.4, -0.2) is 18.2 Å². The number of methoxy groups -OCH3 is 1. The first kappa shape index (κ1) is 12.7. The van der Waals surface area contributed by atoms with Crippen molar-refractivity contribution in [3.63, 3.8) is 0 Å². The molecule has 1 heterocycles. The summed E-state index contributed by atoms with van der Waals surface area (Å²) in [6.45, 7) is 0. The minimum Gasteiger partial charge on any atom is -0.497 e. The van der Waals surface area contributed by atoms with E-state index < -0.39 is 5.97 Å². The highest BCUT2D eigenvalue weighted by molar-refractivity contribution is 7.22. The molecule has 0 spiro atoms. The van der Waals surface area contributed by atoms with Gasteiger partial charge in [-0.15, -0.1) is 11.3 Å². The van der Waals surface area contributed by atoms with Gasteiger partial charge in [-0.2, -0.15) is 0 Å². The van der Waals surface area contributed by atoms with Crippen molar-refractivity contribution < 1.29 is 14.6 Å². The van der Waals surface area contributed by atoms with E-state index >= 15 is 0 Å². The largest absolute Gasteiger partial charge is 0.497 e. The van der Waals surface area contributed by atoms with E-state index in [0.717, 1.165) is 20.5 Å². The molecular formula is C16H12O3S. The van der Waals surface area contributed by atoms with Crippen LogP contribution in [0.2, 0.25) is 0 Å². The predicted molar refractivity (Wildman–Crippen MR) is 80.8 cm³/mol. The van der Waals surface area contributed by atoms with Crippen molar-refractivity contribution in [1.82, 2.24) is 0 Å². The lowest BCUT2D eigenvalue weighted by Crippen LogP contribution is -1.97. The molecule has 2 aromatic carbocycles. The molecule has 0 bridgehead atoms. The highest BCUT2D eigenvalue weighted by atomic mass is 32.1. The summed E-state index contributed by atoms with van der Waals surface area (Å²) in [5, 5.41) is 10.3. The fourth-order valence-corrected chi connectivity index (χ4v) is 3.39. The maximum Gasteiger partial charge on any atom is 0.337 e. The van der Waals surface area contributed by atoms with E-state index in [1.54, 1.807) is 13.2 Å². The number of carboxylic acid groups (broad SMARTS) is 1. The molecule has 0 saturated heterocycles. The second kappa shape index (κ2) is 4.98. The van der Waals surface area contributed by atoms with Gasteiger partial charge >= 0.3 is 5.97 Å². The van der Waals surface area contributed by atoms with Gasteiger partial charge in [0.2, 0.25) is 0 Å². The van der Waals surface area contributed by atoms with Crippen molar-refractivity contribution in [2.45, 2.75) is 0 Å². The van der Waals surface area contributed by atoms with Crippen LogP contribution < -0.4 is 4.74 Å². The lowest BCUT2D eigenvalue weighted by atomic mass is 10.1. The summed E-state index contributed by atoms with van der Waals surface area (Å²) in [4.78, 5) is 12.4. The second-order valence-electron chi connectivity index (χ2n) is 4.34. The average molecular weight is 284 g/mol. The number of thiophene rings is 1. The van der Waals surface area contributed by atoms with E-state index in [1.165, 1.54) is 11.3 Å². The third-order valence-electron chi connectivity index (χ3n) is 3.14. The van der Waals surface area contributed by atoms with Gasteiger partial charge in [0.15, 0.2) is 0 Å². The zero-order valence-electron chi connectivity index (χ0n) is 10.8. The van der Waals surface area contributed by atoms with E-state index in [9.17, 15) is 9.90 Å². The Kier molecular flexibility index (Phi) is 3.16. The minimum absolute atomic E-state index is 0.343. The summed E-state index contributed by atoms with van der Waals surface area (Å²) in [6.07, 6.45) is 0. The van der Waals surface area contributed by atoms with Crippen LogP contribution in [0.25, 0.3) is 20.5 Å². The van der Waals surface area contributed by atoms with Crippen molar-refractivity contribution in [2.24, 2.45) is 0 Å². The molecule has 0 fully saturated rings. The molecular weight excluding hydrogens is 272 g/mol. The quantitative estimate of drug-likeness (QED) is 0.781. The van der Waals surface area contributed by atoms with E-state index in [0.29, 0.717) is 11.3 Å². The average Bonchev–Trinajstić information content (AvgIpc) is 2.86. The molecule has 0 aliphatic heterocycles. The maximum atomic E-state index is 11.6. The summed E-state index contributed by atoms with van der Waals surface area (Å²) in [5.74, 6) is -0.249. The molecule has 0 atom stereocenters. The maximum absolute atomic E-state index is 11.6. The number of aromatic carboxylic acids is 1. The van der Waals surface area contributed by atoms with E-state index in [1.807, 2.05) is 42.5 Å². The molecule has 0 amide bonds. The predicted octanol–water partition coefficient (Wildman–Crippen LogP) is 4.28. The molecule has 0 unspecified atom stereocenters. The Hall–Kier alpha value is -2.33. The molecule has 4 heteroatoms. The zero-order chi connectivity index (χ0) is 14.1. The van der Waals surface area contributed by atoms with Crippen LogP contribution in [0.5, 0.6) is 5.75 Å². The van der Waals surface area contributed by atoms with Gasteiger partial charge in [-0.1, -0.05) is 30.3 Å². The van der Waals surface area contributed by atoms with E-state index in [2.05, 4.69) is 0 Å². The number of ether oxygens (including phenoxy) is 1. The van der Waals surface area contributed by atoms with E-state index in [-0.39, 0.29) is 0 Å². The monoisotopic (exact) mass is 284 g/mol. The third kappa shape index (κ3) is 2.04. The number of carboxylic acids is 1.